The van der Waals surface area contributed by atoms with Gasteiger partial charge in [-0.15, -0.1) is 11.8 Å². The van der Waals surface area contributed by atoms with E-state index in [-0.39, 0.29) is 12.4 Å². The number of aliphatic hydroxyl groups is 1. The lowest BCUT2D eigenvalue weighted by atomic mass is 10.0. The second-order valence-electron chi connectivity index (χ2n) is 5.44. The second-order valence-corrected chi connectivity index (χ2v) is 8.09. The van der Waals surface area contributed by atoms with Crippen LogP contribution in [0.5, 0.6) is 5.75 Å². The van der Waals surface area contributed by atoms with Crippen molar-refractivity contribution in [3.05, 3.63) is 50.9 Å². The molecular formula is C18H19Br2NO4S. The largest absolute Gasteiger partial charge is 0.506 e. The van der Waals surface area contributed by atoms with E-state index in [1.807, 2.05) is 18.4 Å². The normalized spacial score (nSPS) is 11.8. The van der Waals surface area contributed by atoms with Gasteiger partial charge < -0.3 is 14.9 Å². The number of hydrogen-bond donors (Lipinski definition) is 3. The zero-order chi connectivity index (χ0) is 19.1. The number of nitrogens with one attached hydrogen (secondary N) is 1. The molecule has 1 amide bonds. The number of amides is 1. The Kier molecular flexibility index (Phi) is 8.27. The van der Waals surface area contributed by atoms with Crippen LogP contribution in [0.25, 0.3) is 0 Å². The van der Waals surface area contributed by atoms with Crippen LogP contribution in [0, 0.1) is 0 Å². The number of aromatic hydroxyl groups is 1. The minimum atomic E-state index is -0.693. The maximum atomic E-state index is 12.3. The molecule has 0 bridgehead atoms. The Morgan fingerprint density at radius 1 is 1.27 bits per heavy atom. The first kappa shape index (κ1) is 21.1. The van der Waals surface area contributed by atoms with Crippen LogP contribution in [0.1, 0.15) is 24.5 Å². The average Bonchev–Trinajstić information content (AvgIpc) is 2.62. The molecule has 0 saturated carbocycles. The number of ether oxygens (including phenoxy) is 1. The van der Waals surface area contributed by atoms with Crippen molar-refractivity contribution in [2.75, 3.05) is 18.2 Å². The number of phenolic OH excluding ortho intramolecular Hbond substituents is 1. The number of carbonyl (C=O) groups is 1. The van der Waals surface area contributed by atoms with Crippen molar-refractivity contribution in [3.63, 3.8) is 0 Å². The van der Waals surface area contributed by atoms with E-state index in [2.05, 4.69) is 37.2 Å². The van der Waals surface area contributed by atoms with Gasteiger partial charge in [0, 0.05) is 27.2 Å². The Bertz CT molecular complexity index is 756. The predicted molar refractivity (Wildman–Crippen MR) is 111 cm³/mol. The van der Waals surface area contributed by atoms with Gasteiger partial charge in [-0.05, 0) is 71.4 Å². The number of thioether (sulfide) groups is 1. The summed E-state index contributed by atoms with van der Waals surface area (Å²) in [5.74, 6) is 0.00765. The smallest absolute Gasteiger partial charge is 0.412 e. The molecular weight excluding hydrogens is 486 g/mol. The van der Waals surface area contributed by atoms with Gasteiger partial charge in [0.15, 0.2) is 0 Å². The fraction of sp³-hybridized carbons (Fsp3) is 0.278. The lowest BCUT2D eigenvalue weighted by Crippen LogP contribution is -2.18. The van der Waals surface area contributed by atoms with Crippen molar-refractivity contribution >= 4 is 55.4 Å². The van der Waals surface area contributed by atoms with Crippen LogP contribution >= 0.6 is 43.6 Å². The van der Waals surface area contributed by atoms with Gasteiger partial charge in [0.25, 0.3) is 0 Å². The Morgan fingerprint density at radius 2 is 1.96 bits per heavy atom. The van der Waals surface area contributed by atoms with Crippen molar-refractivity contribution < 1.29 is 19.7 Å². The van der Waals surface area contributed by atoms with E-state index >= 15 is 0 Å². The lowest BCUT2D eigenvalue weighted by Gasteiger charge is -2.20. The SMILES string of the molecule is CSc1ccc(NC(=O)O[C@H](CCCO)c2cc(Br)cc(Br)c2O)cc1. The molecule has 1 atom stereocenters. The van der Waals surface area contributed by atoms with Gasteiger partial charge >= 0.3 is 6.09 Å². The molecule has 0 heterocycles. The molecule has 8 heteroatoms. The summed E-state index contributed by atoms with van der Waals surface area (Å²) in [6.07, 6.45) is 1.47. The molecule has 140 valence electrons. The molecule has 0 saturated heterocycles. The molecule has 0 spiro atoms. The van der Waals surface area contributed by atoms with Crippen LogP contribution in [0.3, 0.4) is 0 Å². The van der Waals surface area contributed by atoms with E-state index in [0.717, 1.165) is 9.37 Å². The van der Waals surface area contributed by atoms with Crippen LogP contribution in [0.2, 0.25) is 0 Å². The average molecular weight is 505 g/mol. The van der Waals surface area contributed by atoms with Gasteiger partial charge in [0.2, 0.25) is 0 Å². The summed E-state index contributed by atoms with van der Waals surface area (Å²) in [6, 6.07) is 10.8. The maximum Gasteiger partial charge on any atom is 0.412 e. The number of phenols is 1. The van der Waals surface area contributed by atoms with E-state index in [0.29, 0.717) is 28.6 Å². The molecule has 3 N–H and O–H groups in total. The van der Waals surface area contributed by atoms with Crippen molar-refractivity contribution in [3.8, 4) is 5.75 Å². The third-order valence-corrected chi connectivity index (χ3v) is 5.42. The summed E-state index contributed by atoms with van der Waals surface area (Å²) in [5, 5.41) is 22.1. The molecule has 5 nitrogen and oxygen atoms in total. The van der Waals surface area contributed by atoms with E-state index in [1.165, 1.54) is 0 Å². The Morgan fingerprint density at radius 3 is 2.58 bits per heavy atom. The summed E-state index contributed by atoms with van der Waals surface area (Å²) in [5.41, 5.74) is 1.08. The second kappa shape index (κ2) is 10.2. The number of halogens is 2. The minimum absolute atomic E-state index is 0.00765. The molecule has 0 aliphatic heterocycles. The number of benzene rings is 2. The van der Waals surface area contributed by atoms with Gasteiger partial charge in [-0.3, -0.25) is 5.32 Å². The first-order valence-corrected chi connectivity index (χ1v) is 10.7. The molecule has 0 aromatic heterocycles. The third-order valence-electron chi connectivity index (χ3n) is 3.61. The highest BCUT2D eigenvalue weighted by Gasteiger charge is 2.22. The van der Waals surface area contributed by atoms with Crippen LogP contribution in [0.4, 0.5) is 10.5 Å². The van der Waals surface area contributed by atoms with Gasteiger partial charge in [-0.1, -0.05) is 15.9 Å². The van der Waals surface area contributed by atoms with Crippen molar-refractivity contribution in [2.24, 2.45) is 0 Å². The molecule has 0 radical (unpaired) electrons. The van der Waals surface area contributed by atoms with E-state index in [9.17, 15) is 9.90 Å². The monoisotopic (exact) mass is 503 g/mol. The van der Waals surface area contributed by atoms with E-state index in [4.69, 9.17) is 9.84 Å². The number of carbonyl (C=O) groups excluding carboxylic acids is 1. The molecule has 0 fully saturated rings. The number of anilines is 1. The van der Waals surface area contributed by atoms with Gasteiger partial charge in [0.05, 0.1) is 4.47 Å². The minimum Gasteiger partial charge on any atom is -0.506 e. The first-order valence-electron chi connectivity index (χ1n) is 7.85. The Hall–Kier alpha value is -1.22. The van der Waals surface area contributed by atoms with E-state index < -0.39 is 12.2 Å². The molecule has 26 heavy (non-hydrogen) atoms. The molecule has 2 rings (SSSR count). The van der Waals surface area contributed by atoms with E-state index in [1.54, 1.807) is 36.0 Å². The first-order chi connectivity index (χ1) is 12.4. The van der Waals surface area contributed by atoms with Crippen LogP contribution in [0.15, 0.2) is 50.2 Å². The highest BCUT2D eigenvalue weighted by molar-refractivity contribution is 9.11. The van der Waals surface area contributed by atoms with Crippen molar-refractivity contribution in [1.82, 2.24) is 0 Å². The fourth-order valence-electron chi connectivity index (χ4n) is 2.34. The maximum absolute atomic E-state index is 12.3. The molecule has 0 aliphatic rings. The van der Waals surface area contributed by atoms with Gasteiger partial charge in [-0.2, -0.15) is 0 Å². The summed E-state index contributed by atoms with van der Waals surface area (Å²) >= 11 is 8.26. The van der Waals surface area contributed by atoms with Crippen LogP contribution in [-0.4, -0.2) is 29.2 Å². The van der Waals surface area contributed by atoms with Crippen LogP contribution in [-0.2, 0) is 4.74 Å². The molecule has 2 aromatic carbocycles. The predicted octanol–water partition coefficient (Wildman–Crippen LogP) is 5.70. The molecule has 2 aromatic rings. The number of aliphatic hydroxyl groups excluding tert-OH is 1. The number of hydrogen-bond acceptors (Lipinski definition) is 5. The zero-order valence-corrected chi connectivity index (χ0v) is 18.0. The summed E-state index contributed by atoms with van der Waals surface area (Å²) in [7, 11) is 0. The quantitative estimate of drug-likeness (QED) is 0.421. The standard InChI is InChI=1S/C18H19Br2NO4S/c1-26-13-6-4-12(5-7-13)21-18(24)25-16(3-2-8-22)14-9-11(19)10-15(20)17(14)23/h4-7,9-10,16,22-23H,2-3,8H2,1H3,(H,21,24)/t16-/m1/s1. The topological polar surface area (TPSA) is 78.8 Å². The van der Waals surface area contributed by atoms with Crippen molar-refractivity contribution in [2.45, 2.75) is 23.8 Å². The Balaban J connectivity index is 2.15. The van der Waals surface area contributed by atoms with Crippen LogP contribution < -0.4 is 5.32 Å². The fourth-order valence-corrected chi connectivity index (χ4v) is 4.00. The van der Waals surface area contributed by atoms with Crippen molar-refractivity contribution in [1.29, 1.82) is 0 Å². The third kappa shape index (κ3) is 5.90. The molecule has 0 unspecified atom stereocenters. The van der Waals surface area contributed by atoms with Gasteiger partial charge in [-0.25, -0.2) is 4.79 Å². The number of rotatable bonds is 7. The van der Waals surface area contributed by atoms with Gasteiger partial charge in [0.1, 0.15) is 11.9 Å². The zero-order valence-electron chi connectivity index (χ0n) is 14.0. The Labute approximate surface area is 173 Å². The summed E-state index contributed by atoms with van der Waals surface area (Å²) < 4.78 is 6.75. The molecule has 0 aliphatic carbocycles. The summed E-state index contributed by atoms with van der Waals surface area (Å²) in [4.78, 5) is 13.4. The summed E-state index contributed by atoms with van der Waals surface area (Å²) in [6.45, 7) is -0.0342. The highest BCUT2D eigenvalue weighted by Crippen LogP contribution is 2.38. The lowest BCUT2D eigenvalue weighted by molar-refractivity contribution is 0.0979. The highest BCUT2D eigenvalue weighted by atomic mass is 79.9.